The molecule has 0 aliphatic heterocycles. The highest BCUT2D eigenvalue weighted by Gasteiger charge is 2.59. The Labute approximate surface area is 287 Å². The third kappa shape index (κ3) is 10.1. The summed E-state index contributed by atoms with van der Waals surface area (Å²) in [4.78, 5) is 0. The van der Waals surface area contributed by atoms with Gasteiger partial charge in [-0.1, -0.05) is 111 Å². The van der Waals surface area contributed by atoms with E-state index < -0.39 is 0 Å². The van der Waals surface area contributed by atoms with Gasteiger partial charge in [-0.05, 0) is 123 Å². The minimum atomic E-state index is 0.241. The Morgan fingerprint density at radius 3 is 2.33 bits per heavy atom. The van der Waals surface area contributed by atoms with Crippen molar-refractivity contribution < 1.29 is 14.2 Å². The third-order valence-electron chi connectivity index (χ3n) is 13.9. The average molecular weight is 643 g/mol. The van der Waals surface area contributed by atoms with Gasteiger partial charge in [0.15, 0.2) is 0 Å². The predicted molar refractivity (Wildman–Crippen MR) is 196 cm³/mol. The van der Waals surface area contributed by atoms with E-state index in [1.807, 2.05) is 0 Å². The second-order valence-electron chi connectivity index (χ2n) is 17.5. The van der Waals surface area contributed by atoms with E-state index in [4.69, 9.17) is 14.2 Å². The van der Waals surface area contributed by atoms with Crippen LogP contribution in [0.15, 0.2) is 11.6 Å². The van der Waals surface area contributed by atoms with Crippen LogP contribution in [0, 0.1) is 46.3 Å². The fraction of sp³-hybridized carbons (Fsp3) is 0.953. The second kappa shape index (κ2) is 19.1. The Kier molecular flexibility index (Phi) is 16.0. The molecule has 0 N–H and O–H groups in total. The number of fused-ring (bicyclic) bond motifs is 5. The molecule has 0 spiro atoms. The molecule has 3 saturated carbocycles. The Balaban J connectivity index is 1.14. The van der Waals surface area contributed by atoms with Crippen LogP contribution in [0.2, 0.25) is 0 Å². The van der Waals surface area contributed by atoms with Crippen LogP contribution in [0.3, 0.4) is 0 Å². The van der Waals surface area contributed by atoms with Crippen LogP contribution in [0.4, 0.5) is 0 Å². The number of hydrogen-bond acceptors (Lipinski definition) is 3. The lowest BCUT2D eigenvalue weighted by molar-refractivity contribution is -0.0647. The maximum atomic E-state index is 6.52. The highest BCUT2D eigenvalue weighted by molar-refractivity contribution is 5.25. The molecule has 0 radical (unpaired) electrons. The van der Waals surface area contributed by atoms with Crippen molar-refractivity contribution >= 4 is 0 Å². The summed E-state index contributed by atoms with van der Waals surface area (Å²) in [5.41, 5.74) is 2.77. The molecular formula is C43H78O3. The van der Waals surface area contributed by atoms with Gasteiger partial charge in [0.05, 0.1) is 18.8 Å². The lowest BCUT2D eigenvalue weighted by Gasteiger charge is -2.58. The van der Waals surface area contributed by atoms with E-state index in [0.717, 1.165) is 81.2 Å². The van der Waals surface area contributed by atoms with Gasteiger partial charge in [-0.25, -0.2) is 0 Å². The van der Waals surface area contributed by atoms with Gasteiger partial charge in [-0.2, -0.15) is 0 Å². The summed E-state index contributed by atoms with van der Waals surface area (Å²) in [6.45, 7) is 20.6. The van der Waals surface area contributed by atoms with Crippen molar-refractivity contribution in [1.29, 1.82) is 0 Å². The third-order valence-corrected chi connectivity index (χ3v) is 13.9. The van der Waals surface area contributed by atoms with Crippen LogP contribution in [0.1, 0.15) is 177 Å². The summed E-state index contributed by atoms with van der Waals surface area (Å²) in [6.07, 6.45) is 29.8. The van der Waals surface area contributed by atoms with Gasteiger partial charge in [0.1, 0.15) is 0 Å². The van der Waals surface area contributed by atoms with E-state index in [-0.39, 0.29) is 6.10 Å². The molecule has 0 aromatic carbocycles. The van der Waals surface area contributed by atoms with E-state index in [1.165, 1.54) is 109 Å². The van der Waals surface area contributed by atoms with Crippen molar-refractivity contribution in [2.45, 2.75) is 189 Å². The summed E-state index contributed by atoms with van der Waals surface area (Å²) in [7, 11) is 0. The molecule has 0 unspecified atom stereocenters. The van der Waals surface area contributed by atoms with E-state index >= 15 is 0 Å². The molecule has 0 amide bonds. The first-order chi connectivity index (χ1) is 22.2. The van der Waals surface area contributed by atoms with E-state index in [2.05, 4.69) is 54.5 Å². The molecule has 0 heterocycles. The van der Waals surface area contributed by atoms with Crippen molar-refractivity contribution in [2.24, 2.45) is 46.3 Å². The van der Waals surface area contributed by atoms with Gasteiger partial charge in [-0.15, -0.1) is 0 Å². The first-order valence-electron chi connectivity index (χ1n) is 20.7. The van der Waals surface area contributed by atoms with Crippen molar-refractivity contribution in [3.8, 4) is 0 Å². The van der Waals surface area contributed by atoms with E-state index in [0.29, 0.717) is 16.9 Å². The van der Waals surface area contributed by atoms with Crippen LogP contribution in [0.25, 0.3) is 0 Å². The molecule has 0 aromatic heterocycles. The van der Waals surface area contributed by atoms with Crippen molar-refractivity contribution in [3.05, 3.63) is 11.6 Å². The number of unbranched alkanes of at least 4 members (excludes halogenated alkanes) is 6. The molecule has 9 atom stereocenters. The van der Waals surface area contributed by atoms with Gasteiger partial charge >= 0.3 is 0 Å². The van der Waals surface area contributed by atoms with Gasteiger partial charge in [0.2, 0.25) is 0 Å². The molecule has 4 rings (SSSR count). The zero-order valence-electron chi connectivity index (χ0n) is 31.9. The normalized spacial score (nSPS) is 33.7. The first-order valence-corrected chi connectivity index (χ1v) is 20.7. The van der Waals surface area contributed by atoms with E-state index in [9.17, 15) is 0 Å². The van der Waals surface area contributed by atoms with Crippen molar-refractivity contribution in [2.75, 3.05) is 26.4 Å². The Morgan fingerprint density at radius 2 is 1.54 bits per heavy atom. The highest BCUT2D eigenvalue weighted by atomic mass is 16.5. The Bertz CT molecular complexity index is 881. The van der Waals surface area contributed by atoms with Crippen LogP contribution >= 0.6 is 0 Å². The Morgan fingerprint density at radius 1 is 0.783 bits per heavy atom. The van der Waals surface area contributed by atoms with E-state index in [1.54, 1.807) is 5.57 Å². The van der Waals surface area contributed by atoms with Crippen LogP contribution in [0.5, 0.6) is 0 Å². The molecule has 4 aliphatic carbocycles. The standard InChI is InChI=1S/C43H78O3/c1-8-10-11-12-13-14-28-44-32-36(9-2)45-29-15-16-30-46-37-24-26-42(6)35(31-37)20-21-38-40-23-22-39(34(5)19-17-18-33(3)4)43(40,7)27-25-41(38)42/h20,33-34,36-41H,8-19,21-32H2,1-7H3/t34-,36-,37+,38+,39-,40+,41+,42+,43-/m1/s1. The fourth-order valence-corrected chi connectivity index (χ4v) is 11.0. The molecule has 0 bridgehead atoms. The molecule has 0 saturated heterocycles. The number of hydrogen-bond donors (Lipinski definition) is 0. The molecule has 3 heteroatoms. The van der Waals surface area contributed by atoms with Crippen LogP contribution in [-0.4, -0.2) is 38.6 Å². The zero-order chi connectivity index (χ0) is 33.0. The van der Waals surface area contributed by atoms with Crippen molar-refractivity contribution in [3.63, 3.8) is 0 Å². The first kappa shape index (κ1) is 38.4. The average Bonchev–Trinajstić information content (AvgIpc) is 3.40. The topological polar surface area (TPSA) is 27.7 Å². The summed E-state index contributed by atoms with van der Waals surface area (Å²) in [5.74, 6) is 5.48. The Hall–Kier alpha value is -0.380. The minimum absolute atomic E-state index is 0.241. The quantitative estimate of drug-likeness (QED) is 0.0868. The molecular weight excluding hydrogens is 564 g/mol. The minimum Gasteiger partial charge on any atom is -0.379 e. The smallest absolute Gasteiger partial charge is 0.0805 e. The summed E-state index contributed by atoms with van der Waals surface area (Å²) in [6, 6.07) is 0. The summed E-state index contributed by atoms with van der Waals surface area (Å²) < 4.78 is 18.6. The molecule has 4 aliphatic rings. The number of ether oxygens (including phenoxy) is 3. The number of allylic oxidation sites excluding steroid dienone is 1. The van der Waals surface area contributed by atoms with Gasteiger partial charge in [0.25, 0.3) is 0 Å². The lowest BCUT2D eigenvalue weighted by Crippen LogP contribution is -2.51. The monoisotopic (exact) mass is 643 g/mol. The molecule has 268 valence electrons. The van der Waals surface area contributed by atoms with Gasteiger partial charge < -0.3 is 14.2 Å². The molecule has 0 aromatic rings. The maximum Gasteiger partial charge on any atom is 0.0805 e. The molecule has 3 nitrogen and oxygen atoms in total. The maximum absolute atomic E-state index is 6.52. The SMILES string of the molecule is CCCCCCCCOC[C@@H](CC)OCCCCO[C@H]1CC[C@@]2(C)C(=CC[C@H]3[C@@H]4CC[C@H]([C@H](C)CCCC(C)C)[C@@]4(C)CC[C@@H]32)C1. The van der Waals surface area contributed by atoms with Gasteiger partial charge in [-0.3, -0.25) is 0 Å². The van der Waals surface area contributed by atoms with Crippen LogP contribution < -0.4 is 0 Å². The molecule has 3 fully saturated rings. The molecule has 46 heavy (non-hydrogen) atoms. The summed E-state index contributed by atoms with van der Waals surface area (Å²) >= 11 is 0. The van der Waals surface area contributed by atoms with Crippen LogP contribution in [-0.2, 0) is 14.2 Å². The summed E-state index contributed by atoms with van der Waals surface area (Å²) in [5, 5.41) is 0. The fourth-order valence-electron chi connectivity index (χ4n) is 11.0. The zero-order valence-corrected chi connectivity index (χ0v) is 31.9. The second-order valence-corrected chi connectivity index (χ2v) is 17.5. The highest BCUT2D eigenvalue weighted by Crippen LogP contribution is 2.67. The largest absolute Gasteiger partial charge is 0.379 e. The lowest BCUT2D eigenvalue weighted by atomic mass is 9.47. The van der Waals surface area contributed by atoms with Crippen molar-refractivity contribution in [1.82, 2.24) is 0 Å². The van der Waals surface area contributed by atoms with Gasteiger partial charge in [0, 0.05) is 19.8 Å². The number of rotatable bonds is 22. The predicted octanol–water partition coefficient (Wildman–Crippen LogP) is 12.4.